The first-order valence-corrected chi connectivity index (χ1v) is 10.3. The maximum Gasteiger partial charge on any atom is 0.244 e. The van der Waals surface area contributed by atoms with Crippen molar-refractivity contribution in [2.75, 3.05) is 30.9 Å². The van der Waals surface area contributed by atoms with Crippen LogP contribution in [-0.4, -0.2) is 42.3 Å². The van der Waals surface area contributed by atoms with E-state index in [0.717, 1.165) is 15.5 Å². The summed E-state index contributed by atoms with van der Waals surface area (Å²) in [6, 6.07) is 13.7. The lowest BCUT2D eigenvalue weighted by molar-refractivity contribution is -0.132. The number of thioether (sulfide) groups is 2. The van der Waals surface area contributed by atoms with E-state index in [9.17, 15) is 14.0 Å². The van der Waals surface area contributed by atoms with E-state index < -0.39 is 0 Å². The molecule has 0 radical (unpaired) electrons. The Labute approximate surface area is 161 Å². The summed E-state index contributed by atoms with van der Waals surface area (Å²) >= 11 is 3.03. The first kappa shape index (κ1) is 20.3. The number of nitrogens with zero attached hydrogens (tertiary/aromatic N) is 1. The number of amides is 2. The van der Waals surface area contributed by atoms with E-state index in [1.54, 1.807) is 30.9 Å². The number of likely N-dealkylation sites (N-methyl/N-ethyl adjacent to an activating group) is 1. The van der Waals surface area contributed by atoms with E-state index in [-0.39, 0.29) is 24.2 Å². The maximum atomic E-state index is 12.9. The van der Waals surface area contributed by atoms with Crippen LogP contribution in [0.25, 0.3) is 0 Å². The fourth-order valence-electron chi connectivity index (χ4n) is 2.22. The molecule has 7 heteroatoms. The molecule has 0 aliphatic carbocycles. The Hall–Kier alpha value is -1.99. The highest BCUT2D eigenvalue weighted by Gasteiger charge is 2.14. The number of halogens is 1. The van der Waals surface area contributed by atoms with Crippen molar-refractivity contribution in [1.82, 2.24) is 4.90 Å². The molecule has 0 aliphatic rings. The fraction of sp³-hybridized carbons (Fsp3) is 0.263. The van der Waals surface area contributed by atoms with Crippen molar-refractivity contribution in [2.45, 2.75) is 16.2 Å². The minimum Gasteiger partial charge on any atom is -0.336 e. The third-order valence-electron chi connectivity index (χ3n) is 3.59. The summed E-state index contributed by atoms with van der Waals surface area (Å²) in [5, 5.41) is 2.84. The van der Waals surface area contributed by atoms with Crippen LogP contribution in [0.1, 0.15) is 6.42 Å². The van der Waals surface area contributed by atoms with Crippen LogP contribution in [0, 0.1) is 5.82 Å². The second kappa shape index (κ2) is 10.2. The number of benzene rings is 2. The van der Waals surface area contributed by atoms with Crippen molar-refractivity contribution in [3.8, 4) is 0 Å². The zero-order valence-electron chi connectivity index (χ0n) is 14.7. The molecule has 2 rings (SSSR count). The molecule has 2 amide bonds. The smallest absolute Gasteiger partial charge is 0.244 e. The van der Waals surface area contributed by atoms with Gasteiger partial charge in [-0.1, -0.05) is 12.1 Å². The molecule has 0 spiro atoms. The SMILES string of the molecule is CSc1ccccc1NC(=O)CN(C)C(=O)CCSc1ccc(F)cc1. The van der Waals surface area contributed by atoms with E-state index in [0.29, 0.717) is 12.2 Å². The largest absolute Gasteiger partial charge is 0.336 e. The summed E-state index contributed by atoms with van der Waals surface area (Å²) in [4.78, 5) is 27.6. The number of para-hydroxylation sites is 1. The van der Waals surface area contributed by atoms with Gasteiger partial charge in [-0.05, 0) is 42.7 Å². The van der Waals surface area contributed by atoms with Crippen molar-refractivity contribution >= 4 is 41.0 Å². The predicted octanol–water partition coefficient (Wildman–Crippen LogP) is 4.13. The van der Waals surface area contributed by atoms with Crippen molar-refractivity contribution in [3.63, 3.8) is 0 Å². The van der Waals surface area contributed by atoms with E-state index in [2.05, 4.69) is 5.32 Å². The van der Waals surface area contributed by atoms with Crippen LogP contribution in [0.5, 0.6) is 0 Å². The summed E-state index contributed by atoms with van der Waals surface area (Å²) < 4.78 is 12.9. The van der Waals surface area contributed by atoms with Gasteiger partial charge in [0.2, 0.25) is 11.8 Å². The lowest BCUT2D eigenvalue weighted by atomic mass is 10.3. The Bertz CT molecular complexity index is 753. The standard InChI is InChI=1S/C19H21FN2O2S2/c1-22(13-18(23)21-16-5-3-4-6-17(16)25-2)19(24)11-12-26-15-9-7-14(20)8-10-15/h3-10H,11-13H2,1-2H3,(H,21,23). The first-order chi connectivity index (χ1) is 12.5. The van der Waals surface area contributed by atoms with Gasteiger partial charge >= 0.3 is 0 Å². The molecule has 0 saturated heterocycles. The number of anilines is 1. The van der Waals surface area contributed by atoms with Gasteiger partial charge in [0.05, 0.1) is 12.2 Å². The number of nitrogens with one attached hydrogen (secondary N) is 1. The second-order valence-corrected chi connectivity index (χ2v) is 7.57. The summed E-state index contributed by atoms with van der Waals surface area (Å²) in [5.74, 6) is -0.0354. The van der Waals surface area contributed by atoms with Crippen LogP contribution in [0.4, 0.5) is 10.1 Å². The van der Waals surface area contributed by atoms with Crippen LogP contribution < -0.4 is 5.32 Å². The van der Waals surface area contributed by atoms with Crippen molar-refractivity contribution in [2.24, 2.45) is 0 Å². The molecule has 0 saturated carbocycles. The highest BCUT2D eigenvalue weighted by atomic mass is 32.2. The Morgan fingerprint density at radius 3 is 2.50 bits per heavy atom. The molecule has 0 aromatic heterocycles. The van der Waals surface area contributed by atoms with Gasteiger partial charge in [-0.3, -0.25) is 9.59 Å². The number of carbonyl (C=O) groups excluding carboxylic acids is 2. The average Bonchev–Trinajstić information content (AvgIpc) is 2.63. The molecule has 138 valence electrons. The molecule has 0 heterocycles. The van der Waals surface area contributed by atoms with Crippen LogP contribution in [0.3, 0.4) is 0 Å². The van der Waals surface area contributed by atoms with Gasteiger partial charge in [-0.2, -0.15) is 0 Å². The zero-order chi connectivity index (χ0) is 18.9. The molecule has 0 bridgehead atoms. The van der Waals surface area contributed by atoms with Crippen LogP contribution in [0.2, 0.25) is 0 Å². The van der Waals surface area contributed by atoms with Crippen molar-refractivity contribution in [1.29, 1.82) is 0 Å². The van der Waals surface area contributed by atoms with Gasteiger partial charge in [0, 0.05) is 29.0 Å². The number of hydrogen-bond acceptors (Lipinski definition) is 4. The van der Waals surface area contributed by atoms with Gasteiger partial charge in [0.25, 0.3) is 0 Å². The third kappa shape index (κ3) is 6.38. The molecule has 4 nitrogen and oxygen atoms in total. The molecule has 1 N–H and O–H groups in total. The van der Waals surface area contributed by atoms with Crippen LogP contribution in [-0.2, 0) is 9.59 Å². The fourth-order valence-corrected chi connectivity index (χ4v) is 3.61. The second-order valence-electron chi connectivity index (χ2n) is 5.55. The number of carbonyl (C=O) groups is 2. The van der Waals surface area contributed by atoms with E-state index in [1.165, 1.54) is 28.8 Å². The van der Waals surface area contributed by atoms with E-state index >= 15 is 0 Å². The molecule has 2 aromatic carbocycles. The third-order valence-corrected chi connectivity index (χ3v) is 5.40. The predicted molar refractivity (Wildman–Crippen MR) is 106 cm³/mol. The monoisotopic (exact) mass is 392 g/mol. The summed E-state index contributed by atoms with van der Waals surface area (Å²) in [5.41, 5.74) is 0.748. The molecular weight excluding hydrogens is 371 g/mol. The zero-order valence-corrected chi connectivity index (χ0v) is 16.3. The number of rotatable bonds is 8. The molecule has 0 aliphatic heterocycles. The Morgan fingerprint density at radius 1 is 1.12 bits per heavy atom. The Morgan fingerprint density at radius 2 is 1.81 bits per heavy atom. The van der Waals surface area contributed by atoms with Crippen molar-refractivity contribution < 1.29 is 14.0 Å². The van der Waals surface area contributed by atoms with Gasteiger partial charge in [0.15, 0.2) is 0 Å². The Kier molecular flexibility index (Phi) is 8.00. The summed E-state index contributed by atoms with van der Waals surface area (Å²) in [6.07, 6.45) is 2.26. The van der Waals surface area contributed by atoms with Gasteiger partial charge in [-0.15, -0.1) is 23.5 Å². The van der Waals surface area contributed by atoms with Gasteiger partial charge in [0.1, 0.15) is 5.82 Å². The molecule has 26 heavy (non-hydrogen) atoms. The highest BCUT2D eigenvalue weighted by molar-refractivity contribution is 7.99. The topological polar surface area (TPSA) is 49.4 Å². The first-order valence-electron chi connectivity index (χ1n) is 8.05. The van der Waals surface area contributed by atoms with Crippen LogP contribution in [0.15, 0.2) is 58.3 Å². The van der Waals surface area contributed by atoms with E-state index in [4.69, 9.17) is 0 Å². The molecule has 2 aromatic rings. The molecular formula is C19H21FN2O2S2. The van der Waals surface area contributed by atoms with Crippen molar-refractivity contribution in [3.05, 3.63) is 54.3 Å². The molecule has 0 fully saturated rings. The summed E-state index contributed by atoms with van der Waals surface area (Å²) in [7, 11) is 1.62. The Balaban J connectivity index is 1.77. The lowest BCUT2D eigenvalue weighted by Crippen LogP contribution is -2.35. The van der Waals surface area contributed by atoms with Gasteiger partial charge in [-0.25, -0.2) is 4.39 Å². The lowest BCUT2D eigenvalue weighted by Gasteiger charge is -2.17. The normalized spacial score (nSPS) is 10.4. The van der Waals surface area contributed by atoms with E-state index in [1.807, 2.05) is 30.5 Å². The number of hydrogen-bond donors (Lipinski definition) is 1. The van der Waals surface area contributed by atoms with Gasteiger partial charge < -0.3 is 10.2 Å². The molecule has 0 atom stereocenters. The summed E-state index contributed by atoms with van der Waals surface area (Å²) in [6.45, 7) is 0.00274. The minimum atomic E-state index is -0.279. The maximum absolute atomic E-state index is 12.9. The van der Waals surface area contributed by atoms with Crippen LogP contribution >= 0.6 is 23.5 Å². The quantitative estimate of drug-likeness (QED) is 0.687. The molecule has 0 unspecified atom stereocenters. The average molecular weight is 393 g/mol. The minimum absolute atomic E-state index is 0.00274. The highest BCUT2D eigenvalue weighted by Crippen LogP contribution is 2.24.